The van der Waals surface area contributed by atoms with Gasteiger partial charge in [0.15, 0.2) is 0 Å². The highest BCUT2D eigenvalue weighted by molar-refractivity contribution is 6.05. The number of amides is 2. The zero-order chi connectivity index (χ0) is 10.2. The SMILES string of the molecule is CC(N)CN1C(=O)CC(C)(C)C1=O. The molecule has 1 rings (SSSR count). The van der Waals surface area contributed by atoms with Crippen LogP contribution in [0.2, 0.25) is 0 Å². The molecular formula is C9H16N2O2. The van der Waals surface area contributed by atoms with Gasteiger partial charge in [0.2, 0.25) is 11.8 Å². The lowest BCUT2D eigenvalue weighted by molar-refractivity contribution is -0.141. The molecule has 1 unspecified atom stereocenters. The predicted molar refractivity (Wildman–Crippen MR) is 48.8 cm³/mol. The van der Waals surface area contributed by atoms with Crippen LogP contribution in [-0.4, -0.2) is 29.3 Å². The van der Waals surface area contributed by atoms with Crippen LogP contribution >= 0.6 is 0 Å². The van der Waals surface area contributed by atoms with Gasteiger partial charge in [0.1, 0.15) is 0 Å². The zero-order valence-electron chi connectivity index (χ0n) is 8.33. The standard InChI is InChI=1S/C9H16N2O2/c1-6(10)5-11-7(12)4-9(2,3)8(11)13/h6H,4-5,10H2,1-3H3. The highest BCUT2D eigenvalue weighted by Crippen LogP contribution is 2.31. The van der Waals surface area contributed by atoms with Crippen molar-refractivity contribution in [1.82, 2.24) is 4.90 Å². The Morgan fingerprint density at radius 2 is 2.08 bits per heavy atom. The van der Waals surface area contributed by atoms with Crippen molar-refractivity contribution in [2.45, 2.75) is 33.2 Å². The Balaban J connectivity index is 2.77. The summed E-state index contributed by atoms with van der Waals surface area (Å²) < 4.78 is 0. The summed E-state index contributed by atoms with van der Waals surface area (Å²) in [6.45, 7) is 5.69. The molecule has 1 aliphatic heterocycles. The van der Waals surface area contributed by atoms with E-state index in [0.717, 1.165) is 0 Å². The number of nitrogens with zero attached hydrogens (tertiary/aromatic N) is 1. The van der Waals surface area contributed by atoms with E-state index in [2.05, 4.69) is 0 Å². The van der Waals surface area contributed by atoms with Crippen molar-refractivity contribution in [3.05, 3.63) is 0 Å². The summed E-state index contributed by atoms with van der Waals surface area (Å²) >= 11 is 0. The molecule has 13 heavy (non-hydrogen) atoms. The van der Waals surface area contributed by atoms with Gasteiger partial charge in [-0.25, -0.2) is 0 Å². The molecular weight excluding hydrogens is 168 g/mol. The Hall–Kier alpha value is -0.900. The second-order valence-electron chi connectivity index (χ2n) is 4.35. The number of likely N-dealkylation sites (tertiary alicyclic amines) is 1. The number of nitrogens with two attached hydrogens (primary N) is 1. The van der Waals surface area contributed by atoms with Crippen LogP contribution in [0.25, 0.3) is 0 Å². The van der Waals surface area contributed by atoms with E-state index >= 15 is 0 Å². The van der Waals surface area contributed by atoms with Crippen molar-refractivity contribution in [1.29, 1.82) is 0 Å². The third kappa shape index (κ3) is 1.88. The Labute approximate surface area is 78.1 Å². The van der Waals surface area contributed by atoms with E-state index in [0.29, 0.717) is 13.0 Å². The van der Waals surface area contributed by atoms with Crippen LogP contribution in [-0.2, 0) is 9.59 Å². The molecule has 0 saturated carbocycles. The quantitative estimate of drug-likeness (QED) is 0.620. The van der Waals surface area contributed by atoms with Crippen LogP contribution in [0.5, 0.6) is 0 Å². The van der Waals surface area contributed by atoms with Crippen LogP contribution in [0.3, 0.4) is 0 Å². The van der Waals surface area contributed by atoms with Crippen LogP contribution in [0.1, 0.15) is 27.2 Å². The molecule has 0 spiro atoms. The summed E-state index contributed by atoms with van der Waals surface area (Å²) in [5.74, 6) is -0.206. The summed E-state index contributed by atoms with van der Waals surface area (Å²) in [7, 11) is 0. The van der Waals surface area contributed by atoms with Crippen molar-refractivity contribution in [2.24, 2.45) is 11.1 Å². The molecule has 1 saturated heterocycles. The largest absolute Gasteiger partial charge is 0.326 e. The third-order valence-corrected chi connectivity index (χ3v) is 2.19. The predicted octanol–water partition coefficient (Wildman–Crippen LogP) is 0.119. The van der Waals surface area contributed by atoms with Crippen molar-refractivity contribution < 1.29 is 9.59 Å². The first-order valence-electron chi connectivity index (χ1n) is 4.45. The molecule has 4 nitrogen and oxygen atoms in total. The lowest BCUT2D eigenvalue weighted by Gasteiger charge is -2.19. The van der Waals surface area contributed by atoms with Gasteiger partial charge >= 0.3 is 0 Å². The van der Waals surface area contributed by atoms with E-state index in [1.165, 1.54) is 4.90 Å². The van der Waals surface area contributed by atoms with Crippen LogP contribution in [0.4, 0.5) is 0 Å². The fraction of sp³-hybridized carbons (Fsp3) is 0.778. The van der Waals surface area contributed by atoms with Gasteiger partial charge in [0, 0.05) is 19.0 Å². The second kappa shape index (κ2) is 3.10. The molecule has 4 heteroatoms. The Morgan fingerprint density at radius 3 is 2.38 bits per heavy atom. The van der Waals surface area contributed by atoms with Gasteiger partial charge in [0.25, 0.3) is 0 Å². The zero-order valence-corrected chi connectivity index (χ0v) is 8.33. The molecule has 2 N–H and O–H groups in total. The minimum Gasteiger partial charge on any atom is -0.326 e. The molecule has 1 heterocycles. The van der Waals surface area contributed by atoms with E-state index in [-0.39, 0.29) is 17.9 Å². The van der Waals surface area contributed by atoms with Crippen LogP contribution in [0.15, 0.2) is 0 Å². The fourth-order valence-electron chi connectivity index (χ4n) is 1.50. The van der Waals surface area contributed by atoms with Gasteiger partial charge in [-0.1, -0.05) is 13.8 Å². The minimum absolute atomic E-state index is 0.102. The van der Waals surface area contributed by atoms with E-state index in [9.17, 15) is 9.59 Å². The van der Waals surface area contributed by atoms with E-state index in [4.69, 9.17) is 5.73 Å². The summed E-state index contributed by atoms with van der Waals surface area (Å²) in [6.07, 6.45) is 0.304. The normalized spacial score (nSPS) is 23.8. The minimum atomic E-state index is -0.536. The Morgan fingerprint density at radius 1 is 1.54 bits per heavy atom. The monoisotopic (exact) mass is 184 g/mol. The molecule has 74 valence electrons. The van der Waals surface area contributed by atoms with Gasteiger partial charge in [-0.3, -0.25) is 14.5 Å². The van der Waals surface area contributed by atoms with Gasteiger partial charge in [-0.05, 0) is 6.92 Å². The molecule has 1 atom stereocenters. The number of imide groups is 1. The first-order chi connectivity index (χ1) is 5.84. The summed E-state index contributed by atoms with van der Waals surface area (Å²) in [5.41, 5.74) is 5.00. The van der Waals surface area contributed by atoms with E-state index in [1.807, 2.05) is 0 Å². The molecule has 1 aliphatic rings. The average molecular weight is 184 g/mol. The molecule has 0 aromatic heterocycles. The summed E-state index contributed by atoms with van der Waals surface area (Å²) in [6, 6.07) is -0.151. The first-order valence-corrected chi connectivity index (χ1v) is 4.45. The van der Waals surface area contributed by atoms with E-state index in [1.54, 1.807) is 20.8 Å². The molecule has 0 radical (unpaired) electrons. The van der Waals surface area contributed by atoms with Gasteiger partial charge in [0.05, 0.1) is 5.41 Å². The van der Waals surface area contributed by atoms with Gasteiger partial charge in [-0.15, -0.1) is 0 Å². The molecule has 0 aromatic carbocycles. The van der Waals surface area contributed by atoms with E-state index < -0.39 is 5.41 Å². The highest BCUT2D eigenvalue weighted by atomic mass is 16.2. The van der Waals surface area contributed by atoms with Gasteiger partial charge < -0.3 is 5.73 Å². The Kier molecular flexibility index (Phi) is 2.43. The lowest BCUT2D eigenvalue weighted by Crippen LogP contribution is -2.40. The molecule has 0 bridgehead atoms. The maximum absolute atomic E-state index is 11.6. The molecule has 1 fully saturated rings. The molecule has 0 aromatic rings. The van der Waals surface area contributed by atoms with Crippen molar-refractivity contribution in [3.8, 4) is 0 Å². The fourth-order valence-corrected chi connectivity index (χ4v) is 1.50. The average Bonchev–Trinajstić information content (AvgIpc) is 2.12. The van der Waals surface area contributed by atoms with Crippen molar-refractivity contribution >= 4 is 11.8 Å². The number of hydrogen-bond acceptors (Lipinski definition) is 3. The first kappa shape index (κ1) is 10.2. The summed E-state index contributed by atoms with van der Waals surface area (Å²) in [5, 5.41) is 0. The third-order valence-electron chi connectivity index (χ3n) is 2.19. The number of rotatable bonds is 2. The smallest absolute Gasteiger partial charge is 0.235 e. The lowest BCUT2D eigenvalue weighted by atomic mass is 9.92. The maximum Gasteiger partial charge on any atom is 0.235 e. The van der Waals surface area contributed by atoms with Gasteiger partial charge in [-0.2, -0.15) is 0 Å². The highest BCUT2D eigenvalue weighted by Gasteiger charge is 2.44. The second-order valence-corrected chi connectivity index (χ2v) is 4.35. The number of hydrogen-bond donors (Lipinski definition) is 1. The van der Waals surface area contributed by atoms with Crippen LogP contribution < -0.4 is 5.73 Å². The van der Waals surface area contributed by atoms with Crippen molar-refractivity contribution in [3.63, 3.8) is 0 Å². The number of carbonyl (C=O) groups is 2. The Bertz CT molecular complexity index is 246. The topological polar surface area (TPSA) is 63.4 Å². The summed E-state index contributed by atoms with van der Waals surface area (Å²) in [4.78, 5) is 24.3. The number of carbonyl (C=O) groups excluding carboxylic acids is 2. The molecule has 2 amide bonds. The van der Waals surface area contributed by atoms with Crippen LogP contribution in [0, 0.1) is 5.41 Å². The maximum atomic E-state index is 11.6. The van der Waals surface area contributed by atoms with Crippen molar-refractivity contribution in [2.75, 3.05) is 6.54 Å². The molecule has 0 aliphatic carbocycles.